The fourth-order valence-corrected chi connectivity index (χ4v) is 3.91. The fourth-order valence-electron chi connectivity index (χ4n) is 3.91. The Morgan fingerprint density at radius 3 is 2.48 bits per heavy atom. The third-order valence-electron chi connectivity index (χ3n) is 5.48. The lowest BCUT2D eigenvalue weighted by Crippen LogP contribution is -2.28. The Balaban J connectivity index is 1.74. The largest absolute Gasteiger partial charge is 0.491 e. The van der Waals surface area contributed by atoms with Gasteiger partial charge in [-0.1, -0.05) is 18.2 Å². The number of nitrogens with two attached hydrogens (primary N) is 1. The molecule has 1 aromatic heterocycles. The van der Waals surface area contributed by atoms with Crippen molar-refractivity contribution >= 4 is 34.3 Å². The van der Waals surface area contributed by atoms with E-state index >= 15 is 0 Å². The van der Waals surface area contributed by atoms with E-state index in [4.69, 9.17) is 5.73 Å². The highest BCUT2D eigenvalue weighted by atomic mass is 19.4. The number of ether oxygens (including phenoxy) is 1. The molecule has 0 saturated carbocycles. The van der Waals surface area contributed by atoms with Crippen LogP contribution >= 0.6 is 0 Å². The molecule has 0 amide bonds. The first-order valence-corrected chi connectivity index (χ1v) is 10.3. The number of aliphatic hydroxyl groups is 1. The molecule has 1 aliphatic rings. The van der Waals surface area contributed by atoms with Gasteiger partial charge in [-0.2, -0.15) is 18.2 Å². The van der Waals surface area contributed by atoms with Crippen molar-refractivity contribution in [3.8, 4) is 11.1 Å². The van der Waals surface area contributed by atoms with E-state index in [0.29, 0.717) is 30.1 Å². The number of nitrogen functional groups attached to an aromatic ring is 1. The van der Waals surface area contributed by atoms with Crippen molar-refractivity contribution in [2.75, 3.05) is 36.1 Å². The van der Waals surface area contributed by atoms with Crippen LogP contribution in [-0.4, -0.2) is 47.4 Å². The van der Waals surface area contributed by atoms with E-state index in [0.717, 1.165) is 29.4 Å². The fraction of sp³-hybridized carbons (Fsp3) is 0.318. The molecule has 11 heteroatoms. The van der Waals surface area contributed by atoms with Crippen LogP contribution in [0.1, 0.15) is 24.7 Å². The topological polar surface area (TPSA) is 114 Å². The molecule has 0 aliphatic carbocycles. The summed E-state index contributed by atoms with van der Waals surface area (Å²) in [6.07, 6.45) is -5.44. The molecule has 8 nitrogen and oxygen atoms in total. The van der Waals surface area contributed by atoms with E-state index in [-0.39, 0.29) is 11.5 Å². The molecule has 1 saturated heterocycles. The van der Waals surface area contributed by atoms with Crippen LogP contribution in [0, 0.1) is 0 Å². The smallest absolute Gasteiger partial charge is 0.425 e. The molecule has 1 aliphatic heterocycles. The average Bonchev–Trinajstić information content (AvgIpc) is 3.31. The van der Waals surface area contributed by atoms with Gasteiger partial charge in [0, 0.05) is 36.8 Å². The molecule has 2 aromatic carbocycles. The van der Waals surface area contributed by atoms with E-state index in [1.165, 1.54) is 6.07 Å². The van der Waals surface area contributed by atoms with E-state index < -0.39 is 18.4 Å². The standard InChI is InChI=1S/C22H22F3N5O3/c1-27-18-14-6-4-12(10-16(14)28-21(26)29-18)13-5-7-15(17(11-13)30-8-2-3-9-30)19(31)33-20(32)22(23,24)25/h4-7,10-11,19,31H,2-3,8-9H2,1H3,(H3,26,27,28,29). The minimum absolute atomic E-state index is 0.0862. The summed E-state index contributed by atoms with van der Waals surface area (Å²) in [6.45, 7) is 1.34. The number of hydrogen-bond donors (Lipinski definition) is 3. The molecule has 174 valence electrons. The highest BCUT2D eigenvalue weighted by Crippen LogP contribution is 2.36. The minimum atomic E-state index is -5.20. The second kappa shape index (κ2) is 8.74. The van der Waals surface area contributed by atoms with Gasteiger partial charge in [0.15, 0.2) is 0 Å². The lowest BCUT2D eigenvalue weighted by atomic mass is 10.00. The number of esters is 1. The van der Waals surface area contributed by atoms with Gasteiger partial charge in [0.1, 0.15) is 5.82 Å². The molecular formula is C22H22F3N5O3. The summed E-state index contributed by atoms with van der Waals surface area (Å²) < 4.78 is 42.1. The zero-order valence-corrected chi connectivity index (χ0v) is 17.7. The zero-order chi connectivity index (χ0) is 23.8. The van der Waals surface area contributed by atoms with Gasteiger partial charge in [0.25, 0.3) is 0 Å². The quantitative estimate of drug-likeness (QED) is 0.390. The molecule has 1 atom stereocenters. The summed E-state index contributed by atoms with van der Waals surface area (Å²) in [5.74, 6) is -1.74. The third kappa shape index (κ3) is 4.63. The number of aliphatic hydroxyl groups excluding tert-OH is 1. The molecule has 1 fully saturated rings. The summed E-state index contributed by atoms with van der Waals surface area (Å²) in [5, 5.41) is 14.0. The number of fused-ring (bicyclic) bond motifs is 1. The number of alkyl halides is 3. The Morgan fingerprint density at radius 1 is 1.15 bits per heavy atom. The second-order valence-electron chi connectivity index (χ2n) is 7.64. The van der Waals surface area contributed by atoms with Crippen LogP contribution in [0.5, 0.6) is 0 Å². The lowest BCUT2D eigenvalue weighted by Gasteiger charge is -2.25. The van der Waals surface area contributed by atoms with Gasteiger partial charge in [-0.3, -0.25) is 0 Å². The Morgan fingerprint density at radius 2 is 1.82 bits per heavy atom. The van der Waals surface area contributed by atoms with Gasteiger partial charge in [0.05, 0.1) is 5.52 Å². The van der Waals surface area contributed by atoms with Crippen LogP contribution < -0.4 is 16.0 Å². The lowest BCUT2D eigenvalue weighted by molar-refractivity contribution is -0.220. The molecule has 4 N–H and O–H groups in total. The first-order chi connectivity index (χ1) is 15.7. The molecule has 33 heavy (non-hydrogen) atoms. The number of hydrogen-bond acceptors (Lipinski definition) is 8. The first-order valence-electron chi connectivity index (χ1n) is 10.3. The summed E-state index contributed by atoms with van der Waals surface area (Å²) in [5.41, 5.74) is 8.55. The summed E-state index contributed by atoms with van der Waals surface area (Å²) >= 11 is 0. The van der Waals surface area contributed by atoms with Crippen molar-refractivity contribution in [3.05, 3.63) is 42.0 Å². The van der Waals surface area contributed by atoms with Crippen LogP contribution in [0.25, 0.3) is 22.0 Å². The van der Waals surface area contributed by atoms with Crippen molar-refractivity contribution in [1.29, 1.82) is 0 Å². The molecule has 0 radical (unpaired) electrons. The molecule has 1 unspecified atom stereocenters. The molecule has 2 heterocycles. The van der Waals surface area contributed by atoms with Crippen LogP contribution in [0.3, 0.4) is 0 Å². The van der Waals surface area contributed by atoms with Crippen LogP contribution in [0.4, 0.5) is 30.6 Å². The van der Waals surface area contributed by atoms with Crippen LogP contribution in [0.2, 0.25) is 0 Å². The van der Waals surface area contributed by atoms with Gasteiger partial charge in [-0.05, 0) is 42.2 Å². The Hall–Kier alpha value is -3.60. The van der Waals surface area contributed by atoms with Crippen molar-refractivity contribution in [3.63, 3.8) is 0 Å². The number of rotatable bonds is 5. The number of carbonyl (C=O) groups is 1. The minimum Gasteiger partial charge on any atom is -0.425 e. The number of anilines is 3. The van der Waals surface area contributed by atoms with E-state index in [2.05, 4.69) is 20.0 Å². The number of nitrogens with one attached hydrogen (secondary N) is 1. The van der Waals surface area contributed by atoms with Gasteiger partial charge in [-0.15, -0.1) is 0 Å². The second-order valence-corrected chi connectivity index (χ2v) is 7.64. The van der Waals surface area contributed by atoms with Crippen molar-refractivity contribution < 1.29 is 27.8 Å². The van der Waals surface area contributed by atoms with Crippen molar-refractivity contribution in [1.82, 2.24) is 9.97 Å². The third-order valence-corrected chi connectivity index (χ3v) is 5.48. The highest BCUT2D eigenvalue weighted by Gasteiger charge is 2.42. The highest BCUT2D eigenvalue weighted by molar-refractivity contribution is 5.93. The van der Waals surface area contributed by atoms with Gasteiger partial charge >= 0.3 is 12.1 Å². The summed E-state index contributed by atoms with van der Waals surface area (Å²) in [6, 6.07) is 10.4. The van der Waals surface area contributed by atoms with Crippen LogP contribution in [0.15, 0.2) is 36.4 Å². The maximum Gasteiger partial charge on any atom is 0.491 e. The number of aromatic nitrogens is 2. The number of benzene rings is 2. The van der Waals surface area contributed by atoms with Crippen molar-refractivity contribution in [2.45, 2.75) is 25.3 Å². The Bertz CT molecular complexity index is 1200. The summed E-state index contributed by atoms with van der Waals surface area (Å²) in [4.78, 5) is 21.6. The SMILES string of the molecule is CNc1nc(N)nc2cc(-c3ccc(C(O)OC(=O)C(F)(F)F)c(N4CCCC4)c3)ccc12. The van der Waals surface area contributed by atoms with Gasteiger partial charge < -0.3 is 25.8 Å². The number of carbonyl (C=O) groups excluding carboxylic acids is 1. The molecule has 0 spiro atoms. The maximum absolute atomic E-state index is 12.6. The molecule has 4 rings (SSSR count). The summed E-state index contributed by atoms with van der Waals surface area (Å²) in [7, 11) is 1.73. The van der Waals surface area contributed by atoms with E-state index in [9.17, 15) is 23.1 Å². The molecular weight excluding hydrogens is 439 g/mol. The number of nitrogens with zero attached hydrogens (tertiary/aromatic N) is 3. The monoisotopic (exact) mass is 461 g/mol. The van der Waals surface area contributed by atoms with Gasteiger partial charge in [0.2, 0.25) is 12.2 Å². The predicted molar refractivity (Wildman–Crippen MR) is 117 cm³/mol. The zero-order valence-electron chi connectivity index (χ0n) is 17.7. The average molecular weight is 461 g/mol. The Kier molecular flexibility index (Phi) is 5.98. The van der Waals surface area contributed by atoms with E-state index in [1.807, 2.05) is 23.1 Å². The normalized spacial score (nSPS) is 15.0. The number of halogens is 3. The maximum atomic E-state index is 12.6. The van der Waals surface area contributed by atoms with Gasteiger partial charge in [-0.25, -0.2) is 9.78 Å². The predicted octanol–water partition coefficient (Wildman–Crippen LogP) is 3.62. The molecule has 0 bridgehead atoms. The first kappa shape index (κ1) is 22.6. The van der Waals surface area contributed by atoms with E-state index in [1.54, 1.807) is 19.2 Å². The van der Waals surface area contributed by atoms with Crippen molar-refractivity contribution in [2.24, 2.45) is 0 Å². The van der Waals surface area contributed by atoms with Crippen LogP contribution in [-0.2, 0) is 9.53 Å². The Labute approximate surface area is 187 Å². The molecule has 3 aromatic rings.